The molecular formula is C16H17ClN2O2. The van der Waals surface area contributed by atoms with Crippen LogP contribution in [0.1, 0.15) is 6.92 Å². The van der Waals surface area contributed by atoms with Gasteiger partial charge in [-0.1, -0.05) is 23.7 Å². The van der Waals surface area contributed by atoms with Gasteiger partial charge in [-0.15, -0.1) is 0 Å². The van der Waals surface area contributed by atoms with Crippen molar-refractivity contribution in [2.75, 3.05) is 17.7 Å². The standard InChI is InChI=1S/C16H17ClN2O2/c1-11(18-14-5-3-4-6-15(14)21-2)16(20)19-13-9-7-12(17)8-10-13/h3-11,18H,1-2H3,(H,19,20). The summed E-state index contributed by atoms with van der Waals surface area (Å²) < 4.78 is 5.25. The average Bonchev–Trinajstić information content (AvgIpc) is 2.50. The Morgan fingerprint density at radius 2 is 1.81 bits per heavy atom. The third kappa shape index (κ3) is 4.13. The number of halogens is 1. The van der Waals surface area contributed by atoms with Crippen molar-refractivity contribution < 1.29 is 9.53 Å². The summed E-state index contributed by atoms with van der Waals surface area (Å²) >= 11 is 5.81. The van der Waals surface area contributed by atoms with E-state index in [1.54, 1.807) is 38.3 Å². The molecule has 0 heterocycles. The molecule has 2 aromatic carbocycles. The van der Waals surface area contributed by atoms with Gasteiger partial charge in [0, 0.05) is 10.7 Å². The topological polar surface area (TPSA) is 50.4 Å². The van der Waals surface area contributed by atoms with Crippen LogP contribution in [0.5, 0.6) is 5.75 Å². The van der Waals surface area contributed by atoms with Crippen molar-refractivity contribution in [2.24, 2.45) is 0 Å². The van der Waals surface area contributed by atoms with E-state index in [9.17, 15) is 4.79 Å². The number of para-hydroxylation sites is 2. The fourth-order valence-corrected chi connectivity index (χ4v) is 1.97. The van der Waals surface area contributed by atoms with Crippen molar-refractivity contribution in [1.82, 2.24) is 0 Å². The number of carbonyl (C=O) groups excluding carboxylic acids is 1. The molecule has 0 spiro atoms. The molecule has 1 unspecified atom stereocenters. The average molecular weight is 305 g/mol. The predicted molar refractivity (Wildman–Crippen MR) is 86.2 cm³/mol. The lowest BCUT2D eigenvalue weighted by molar-refractivity contribution is -0.116. The molecule has 0 aliphatic heterocycles. The Kier molecular flexibility index (Phi) is 5.06. The van der Waals surface area contributed by atoms with Crippen molar-refractivity contribution in [1.29, 1.82) is 0 Å². The summed E-state index contributed by atoms with van der Waals surface area (Å²) in [5, 5.41) is 6.59. The molecule has 2 aromatic rings. The van der Waals surface area contributed by atoms with Gasteiger partial charge >= 0.3 is 0 Å². The zero-order valence-corrected chi connectivity index (χ0v) is 12.6. The van der Waals surface area contributed by atoms with E-state index in [2.05, 4.69) is 10.6 Å². The van der Waals surface area contributed by atoms with Crippen LogP contribution in [0.2, 0.25) is 5.02 Å². The van der Waals surface area contributed by atoms with Crippen molar-refractivity contribution in [2.45, 2.75) is 13.0 Å². The number of anilines is 2. The highest BCUT2D eigenvalue weighted by atomic mass is 35.5. The largest absolute Gasteiger partial charge is 0.495 e. The second-order valence-electron chi connectivity index (χ2n) is 4.56. The lowest BCUT2D eigenvalue weighted by atomic mass is 10.2. The van der Waals surface area contributed by atoms with Crippen LogP contribution >= 0.6 is 11.6 Å². The van der Waals surface area contributed by atoms with Crippen LogP contribution in [0.15, 0.2) is 48.5 Å². The number of nitrogens with one attached hydrogen (secondary N) is 2. The maximum Gasteiger partial charge on any atom is 0.246 e. The molecule has 21 heavy (non-hydrogen) atoms. The first kappa shape index (κ1) is 15.2. The minimum atomic E-state index is -0.406. The van der Waals surface area contributed by atoms with Crippen molar-refractivity contribution >= 4 is 28.9 Å². The fourth-order valence-electron chi connectivity index (χ4n) is 1.85. The number of methoxy groups -OCH3 is 1. The van der Waals surface area contributed by atoms with Gasteiger partial charge in [-0.2, -0.15) is 0 Å². The second-order valence-corrected chi connectivity index (χ2v) is 5.00. The smallest absolute Gasteiger partial charge is 0.246 e. The molecule has 5 heteroatoms. The Labute approximate surface area is 129 Å². The number of ether oxygens (including phenoxy) is 1. The highest BCUT2D eigenvalue weighted by Gasteiger charge is 2.14. The monoisotopic (exact) mass is 304 g/mol. The molecule has 4 nitrogen and oxygen atoms in total. The number of hydrogen-bond acceptors (Lipinski definition) is 3. The molecule has 0 radical (unpaired) electrons. The quantitative estimate of drug-likeness (QED) is 0.883. The number of amides is 1. The third-order valence-electron chi connectivity index (χ3n) is 2.98. The SMILES string of the molecule is COc1ccccc1NC(C)C(=O)Nc1ccc(Cl)cc1. The van der Waals surface area contributed by atoms with Crippen LogP contribution in [-0.4, -0.2) is 19.1 Å². The summed E-state index contributed by atoms with van der Waals surface area (Å²) in [5.41, 5.74) is 1.48. The Bertz CT molecular complexity index is 614. The lowest BCUT2D eigenvalue weighted by Crippen LogP contribution is -2.31. The number of carbonyl (C=O) groups is 1. The van der Waals surface area contributed by atoms with Crippen LogP contribution in [0.4, 0.5) is 11.4 Å². The van der Waals surface area contributed by atoms with Crippen molar-refractivity contribution in [3.05, 3.63) is 53.6 Å². The molecule has 1 atom stereocenters. The van der Waals surface area contributed by atoms with Crippen LogP contribution in [0, 0.1) is 0 Å². The zero-order valence-electron chi connectivity index (χ0n) is 11.9. The molecule has 2 rings (SSSR count). The zero-order chi connectivity index (χ0) is 15.2. The Morgan fingerprint density at radius 1 is 1.14 bits per heavy atom. The molecule has 0 aliphatic carbocycles. The second kappa shape index (κ2) is 6.99. The molecule has 0 aromatic heterocycles. The maximum absolute atomic E-state index is 12.2. The van der Waals surface area contributed by atoms with Gasteiger partial charge in [-0.05, 0) is 43.3 Å². The van der Waals surface area contributed by atoms with Crippen LogP contribution in [0.25, 0.3) is 0 Å². The van der Waals surface area contributed by atoms with Crippen LogP contribution < -0.4 is 15.4 Å². The van der Waals surface area contributed by atoms with Crippen LogP contribution in [0.3, 0.4) is 0 Å². The normalized spacial score (nSPS) is 11.6. The van der Waals surface area contributed by atoms with Gasteiger partial charge in [-0.25, -0.2) is 0 Å². The highest BCUT2D eigenvalue weighted by Crippen LogP contribution is 2.24. The molecular weight excluding hydrogens is 288 g/mol. The van der Waals surface area contributed by atoms with E-state index in [0.29, 0.717) is 16.5 Å². The van der Waals surface area contributed by atoms with E-state index in [0.717, 1.165) is 5.69 Å². The van der Waals surface area contributed by atoms with Gasteiger partial charge in [0.05, 0.1) is 12.8 Å². The predicted octanol–water partition coefficient (Wildman–Crippen LogP) is 3.79. The first-order valence-corrected chi connectivity index (χ1v) is 6.94. The summed E-state index contributed by atoms with van der Waals surface area (Å²) in [7, 11) is 1.60. The minimum Gasteiger partial charge on any atom is -0.495 e. The first-order valence-electron chi connectivity index (χ1n) is 6.56. The minimum absolute atomic E-state index is 0.136. The van der Waals surface area contributed by atoms with E-state index in [1.807, 2.05) is 24.3 Å². The summed E-state index contributed by atoms with van der Waals surface area (Å²) in [6.07, 6.45) is 0. The van der Waals surface area contributed by atoms with E-state index >= 15 is 0 Å². The van der Waals surface area contributed by atoms with Gasteiger partial charge in [0.1, 0.15) is 11.8 Å². The van der Waals surface area contributed by atoms with Crippen molar-refractivity contribution in [3.8, 4) is 5.75 Å². The first-order chi connectivity index (χ1) is 10.1. The summed E-state index contributed by atoms with van der Waals surface area (Å²) in [6, 6.07) is 14.0. The fraction of sp³-hybridized carbons (Fsp3) is 0.188. The molecule has 0 fully saturated rings. The van der Waals surface area contributed by atoms with Gasteiger partial charge < -0.3 is 15.4 Å². The molecule has 0 aliphatic rings. The van der Waals surface area contributed by atoms with Crippen LogP contribution in [-0.2, 0) is 4.79 Å². The summed E-state index contributed by atoms with van der Waals surface area (Å²) in [4.78, 5) is 12.2. The Hall–Kier alpha value is -2.20. The van der Waals surface area contributed by atoms with E-state index in [4.69, 9.17) is 16.3 Å². The van der Waals surface area contributed by atoms with E-state index < -0.39 is 6.04 Å². The van der Waals surface area contributed by atoms with Gasteiger partial charge in [-0.3, -0.25) is 4.79 Å². The molecule has 0 saturated heterocycles. The molecule has 110 valence electrons. The lowest BCUT2D eigenvalue weighted by Gasteiger charge is -2.17. The van der Waals surface area contributed by atoms with E-state index in [1.165, 1.54) is 0 Å². The third-order valence-corrected chi connectivity index (χ3v) is 3.24. The highest BCUT2D eigenvalue weighted by molar-refractivity contribution is 6.30. The molecule has 0 bridgehead atoms. The van der Waals surface area contributed by atoms with Crippen molar-refractivity contribution in [3.63, 3.8) is 0 Å². The summed E-state index contributed by atoms with van der Waals surface area (Å²) in [6.45, 7) is 1.79. The van der Waals surface area contributed by atoms with Gasteiger partial charge in [0.2, 0.25) is 5.91 Å². The van der Waals surface area contributed by atoms with Gasteiger partial charge in [0.15, 0.2) is 0 Å². The maximum atomic E-state index is 12.2. The Balaban J connectivity index is 2.01. The summed E-state index contributed by atoms with van der Waals surface area (Å²) in [5.74, 6) is 0.562. The number of rotatable bonds is 5. The number of hydrogen-bond donors (Lipinski definition) is 2. The van der Waals surface area contributed by atoms with Gasteiger partial charge in [0.25, 0.3) is 0 Å². The Morgan fingerprint density at radius 3 is 2.48 bits per heavy atom. The molecule has 2 N–H and O–H groups in total. The number of benzene rings is 2. The molecule has 1 amide bonds. The molecule has 0 saturated carbocycles. The van der Waals surface area contributed by atoms with E-state index in [-0.39, 0.29) is 5.91 Å².